The molecular weight excluding hydrogens is 508 g/mol. The standard InChI is InChI=1S/C31H28N4O5/c1-3-40-26-16-14-25(15-17-26)33-28(37)21-9-12-24(13-10-21)32-27(36)19-35-29(38)31(2,34-30(35)39)23-11-8-20-6-4-5-7-22(20)18-23/h4-18H,3,19H2,1-2H3,(H,32,36)(H,33,37)(H,34,39). The van der Waals surface area contributed by atoms with Crippen molar-refractivity contribution in [3.63, 3.8) is 0 Å². The second-order valence-corrected chi connectivity index (χ2v) is 9.55. The van der Waals surface area contributed by atoms with Gasteiger partial charge in [0.25, 0.3) is 11.8 Å². The zero-order valence-corrected chi connectivity index (χ0v) is 22.1. The highest BCUT2D eigenvalue weighted by atomic mass is 16.5. The summed E-state index contributed by atoms with van der Waals surface area (Å²) in [5, 5.41) is 10.2. The van der Waals surface area contributed by atoms with E-state index in [-0.39, 0.29) is 5.91 Å². The molecule has 0 radical (unpaired) electrons. The molecule has 1 atom stereocenters. The number of hydrogen-bond acceptors (Lipinski definition) is 5. The van der Waals surface area contributed by atoms with Crippen molar-refractivity contribution in [1.29, 1.82) is 0 Å². The van der Waals surface area contributed by atoms with Crippen molar-refractivity contribution in [2.75, 3.05) is 23.8 Å². The molecule has 202 valence electrons. The van der Waals surface area contributed by atoms with Gasteiger partial charge in [0, 0.05) is 16.9 Å². The zero-order valence-electron chi connectivity index (χ0n) is 22.1. The van der Waals surface area contributed by atoms with Gasteiger partial charge in [-0.3, -0.25) is 19.3 Å². The molecule has 9 nitrogen and oxygen atoms in total. The van der Waals surface area contributed by atoms with E-state index in [0.29, 0.717) is 34.9 Å². The number of imide groups is 1. The van der Waals surface area contributed by atoms with Gasteiger partial charge in [-0.1, -0.05) is 36.4 Å². The molecule has 1 unspecified atom stereocenters. The number of ether oxygens (including phenoxy) is 1. The lowest BCUT2D eigenvalue weighted by Crippen LogP contribution is -2.42. The fourth-order valence-corrected chi connectivity index (χ4v) is 4.59. The molecule has 1 saturated heterocycles. The molecule has 5 rings (SSSR count). The van der Waals surface area contributed by atoms with Gasteiger partial charge in [-0.2, -0.15) is 0 Å². The van der Waals surface area contributed by atoms with Crippen LogP contribution in [0.5, 0.6) is 5.75 Å². The van der Waals surface area contributed by atoms with Crippen molar-refractivity contribution >= 4 is 45.9 Å². The van der Waals surface area contributed by atoms with Crippen LogP contribution in [0, 0.1) is 0 Å². The number of anilines is 2. The second-order valence-electron chi connectivity index (χ2n) is 9.55. The molecule has 0 bridgehead atoms. The minimum atomic E-state index is -1.29. The third-order valence-corrected chi connectivity index (χ3v) is 6.76. The lowest BCUT2D eigenvalue weighted by atomic mass is 9.90. The first-order valence-electron chi connectivity index (χ1n) is 12.8. The normalized spacial score (nSPS) is 16.5. The third-order valence-electron chi connectivity index (χ3n) is 6.76. The van der Waals surface area contributed by atoms with Crippen molar-refractivity contribution in [3.05, 3.63) is 102 Å². The number of carbonyl (C=O) groups is 4. The van der Waals surface area contributed by atoms with E-state index in [9.17, 15) is 19.2 Å². The summed E-state index contributed by atoms with van der Waals surface area (Å²) in [7, 11) is 0. The Bertz CT molecular complexity index is 1600. The van der Waals surface area contributed by atoms with Crippen LogP contribution in [0.25, 0.3) is 10.8 Å². The number of nitrogens with zero attached hydrogens (tertiary/aromatic N) is 1. The lowest BCUT2D eigenvalue weighted by Gasteiger charge is -2.22. The highest BCUT2D eigenvalue weighted by Gasteiger charge is 2.49. The predicted molar refractivity (Wildman–Crippen MR) is 152 cm³/mol. The van der Waals surface area contributed by atoms with Crippen LogP contribution in [0.4, 0.5) is 16.2 Å². The molecule has 1 aliphatic rings. The van der Waals surface area contributed by atoms with Gasteiger partial charge in [0.15, 0.2) is 0 Å². The SMILES string of the molecule is CCOc1ccc(NC(=O)c2ccc(NC(=O)CN3C(=O)NC(C)(c4ccc5ccccc5c4)C3=O)cc2)cc1. The van der Waals surface area contributed by atoms with Crippen molar-refractivity contribution in [1.82, 2.24) is 10.2 Å². The Balaban J connectivity index is 1.20. The number of benzene rings is 4. The molecule has 4 aromatic carbocycles. The Hall–Kier alpha value is -5.18. The van der Waals surface area contributed by atoms with E-state index in [4.69, 9.17) is 4.74 Å². The molecule has 0 saturated carbocycles. The average Bonchev–Trinajstić information content (AvgIpc) is 3.18. The third kappa shape index (κ3) is 5.35. The van der Waals surface area contributed by atoms with Gasteiger partial charge in [0.2, 0.25) is 5.91 Å². The van der Waals surface area contributed by atoms with Crippen LogP contribution in [0.3, 0.4) is 0 Å². The zero-order chi connectivity index (χ0) is 28.3. The molecule has 1 fully saturated rings. The van der Waals surface area contributed by atoms with Crippen molar-refractivity contribution < 1.29 is 23.9 Å². The second kappa shape index (κ2) is 10.9. The Kier molecular flexibility index (Phi) is 7.20. The Labute approximate surface area is 231 Å². The van der Waals surface area contributed by atoms with Crippen molar-refractivity contribution in [2.24, 2.45) is 0 Å². The molecular formula is C31H28N4O5. The summed E-state index contributed by atoms with van der Waals surface area (Å²) < 4.78 is 5.40. The van der Waals surface area contributed by atoms with E-state index in [1.807, 2.05) is 43.3 Å². The van der Waals surface area contributed by atoms with Gasteiger partial charge in [0.1, 0.15) is 17.8 Å². The smallest absolute Gasteiger partial charge is 0.325 e. The monoisotopic (exact) mass is 536 g/mol. The van der Waals surface area contributed by atoms with Crippen molar-refractivity contribution in [3.8, 4) is 5.75 Å². The molecule has 1 heterocycles. The minimum Gasteiger partial charge on any atom is -0.494 e. The highest BCUT2D eigenvalue weighted by molar-refractivity contribution is 6.10. The Morgan fingerprint density at radius 2 is 1.50 bits per heavy atom. The van der Waals surface area contributed by atoms with Gasteiger partial charge in [-0.25, -0.2) is 4.79 Å². The summed E-state index contributed by atoms with van der Waals surface area (Å²) in [5.41, 5.74) is 0.778. The van der Waals surface area contributed by atoms with Gasteiger partial charge in [-0.15, -0.1) is 0 Å². The highest BCUT2D eigenvalue weighted by Crippen LogP contribution is 2.31. The summed E-state index contributed by atoms with van der Waals surface area (Å²) in [6.07, 6.45) is 0. The molecule has 1 aliphatic heterocycles. The van der Waals surface area contributed by atoms with Crippen LogP contribution in [0.15, 0.2) is 91.0 Å². The van der Waals surface area contributed by atoms with E-state index in [0.717, 1.165) is 15.7 Å². The van der Waals surface area contributed by atoms with Crippen LogP contribution >= 0.6 is 0 Å². The minimum absolute atomic E-state index is 0.311. The number of rotatable bonds is 8. The largest absolute Gasteiger partial charge is 0.494 e. The Morgan fingerprint density at radius 1 is 0.850 bits per heavy atom. The first-order valence-corrected chi connectivity index (χ1v) is 12.8. The lowest BCUT2D eigenvalue weighted by molar-refractivity contribution is -0.133. The average molecular weight is 537 g/mol. The van der Waals surface area contributed by atoms with Gasteiger partial charge in [0.05, 0.1) is 6.61 Å². The first-order chi connectivity index (χ1) is 19.3. The summed E-state index contributed by atoms with van der Waals surface area (Å²) >= 11 is 0. The van der Waals surface area contributed by atoms with Crippen LogP contribution in [-0.4, -0.2) is 41.8 Å². The van der Waals surface area contributed by atoms with Crippen LogP contribution in [-0.2, 0) is 15.1 Å². The van der Waals surface area contributed by atoms with E-state index in [2.05, 4.69) is 16.0 Å². The molecule has 0 aromatic heterocycles. The van der Waals surface area contributed by atoms with E-state index >= 15 is 0 Å². The summed E-state index contributed by atoms with van der Waals surface area (Å²) in [5.74, 6) is -0.650. The molecule has 40 heavy (non-hydrogen) atoms. The first kappa shape index (κ1) is 26.4. The van der Waals surface area contributed by atoms with E-state index < -0.39 is 29.9 Å². The van der Waals surface area contributed by atoms with Gasteiger partial charge < -0.3 is 20.7 Å². The summed E-state index contributed by atoms with van der Waals surface area (Å²) in [6, 6.07) is 26.0. The number of fused-ring (bicyclic) bond motifs is 1. The fourth-order valence-electron chi connectivity index (χ4n) is 4.59. The van der Waals surface area contributed by atoms with Crippen molar-refractivity contribution in [2.45, 2.75) is 19.4 Å². The van der Waals surface area contributed by atoms with Crippen LogP contribution in [0.1, 0.15) is 29.8 Å². The number of carbonyl (C=O) groups excluding carboxylic acids is 4. The number of nitrogens with one attached hydrogen (secondary N) is 3. The maximum absolute atomic E-state index is 13.3. The van der Waals surface area contributed by atoms with E-state index in [1.165, 1.54) is 0 Å². The molecule has 3 N–H and O–H groups in total. The molecule has 0 aliphatic carbocycles. The number of hydrogen-bond donors (Lipinski definition) is 3. The summed E-state index contributed by atoms with van der Waals surface area (Å²) in [6.45, 7) is 3.63. The molecule has 4 aromatic rings. The van der Waals surface area contributed by atoms with Crippen LogP contribution < -0.4 is 20.7 Å². The maximum atomic E-state index is 13.3. The maximum Gasteiger partial charge on any atom is 0.325 e. The molecule has 5 amide bonds. The number of amides is 5. The topological polar surface area (TPSA) is 117 Å². The van der Waals surface area contributed by atoms with E-state index in [1.54, 1.807) is 61.5 Å². The fraction of sp³-hybridized carbons (Fsp3) is 0.161. The van der Waals surface area contributed by atoms with Crippen LogP contribution in [0.2, 0.25) is 0 Å². The Morgan fingerprint density at radius 3 is 2.20 bits per heavy atom. The van der Waals surface area contributed by atoms with Gasteiger partial charge >= 0.3 is 6.03 Å². The molecule has 0 spiro atoms. The molecule has 9 heteroatoms. The quantitative estimate of drug-likeness (QED) is 0.277. The number of urea groups is 1. The van der Waals surface area contributed by atoms with Gasteiger partial charge in [-0.05, 0) is 84.8 Å². The summed E-state index contributed by atoms with van der Waals surface area (Å²) in [4.78, 5) is 52.2. The predicted octanol–water partition coefficient (Wildman–Crippen LogP) is 4.90.